The minimum Gasteiger partial charge on any atom is -0.493 e. The summed E-state index contributed by atoms with van der Waals surface area (Å²) in [5.41, 5.74) is 2.98. The van der Waals surface area contributed by atoms with Gasteiger partial charge in [0.2, 0.25) is 0 Å². The number of carbonyl (C=O) groups excluding carboxylic acids is 1. The van der Waals surface area contributed by atoms with E-state index < -0.39 is 0 Å². The minimum absolute atomic E-state index is 0.139. The maximum Gasteiger partial charge on any atom is 0.264 e. The number of hydrogen-bond donors (Lipinski definition) is 1. The highest BCUT2D eigenvalue weighted by Crippen LogP contribution is 2.30. The van der Waals surface area contributed by atoms with Crippen molar-refractivity contribution in [2.45, 2.75) is 20.3 Å². The van der Waals surface area contributed by atoms with Gasteiger partial charge in [-0.25, -0.2) is 4.99 Å². The van der Waals surface area contributed by atoms with Gasteiger partial charge in [0.25, 0.3) is 5.91 Å². The van der Waals surface area contributed by atoms with Gasteiger partial charge < -0.3 is 10.1 Å². The number of rotatable bonds is 5. The van der Waals surface area contributed by atoms with E-state index in [1.807, 2.05) is 49.4 Å². The minimum atomic E-state index is -0.139. The van der Waals surface area contributed by atoms with Crippen molar-refractivity contribution < 1.29 is 9.53 Å². The first kappa shape index (κ1) is 17.3. The van der Waals surface area contributed by atoms with Crippen LogP contribution in [0.25, 0.3) is 6.08 Å². The van der Waals surface area contributed by atoms with E-state index in [4.69, 9.17) is 4.74 Å². The number of carbonyl (C=O) groups is 1. The molecule has 1 saturated heterocycles. The van der Waals surface area contributed by atoms with E-state index in [0.717, 1.165) is 23.4 Å². The predicted octanol–water partition coefficient (Wildman–Crippen LogP) is 4.54. The van der Waals surface area contributed by atoms with E-state index in [9.17, 15) is 4.79 Å². The highest BCUT2D eigenvalue weighted by atomic mass is 32.2. The third kappa shape index (κ3) is 4.31. The van der Waals surface area contributed by atoms with Gasteiger partial charge in [0.15, 0.2) is 5.17 Å². The van der Waals surface area contributed by atoms with Crippen molar-refractivity contribution in [3.8, 4) is 5.75 Å². The van der Waals surface area contributed by atoms with Crippen LogP contribution in [0.4, 0.5) is 5.69 Å². The molecule has 0 aliphatic carbocycles. The SMILES string of the molecule is CCOc1ccccc1/C=C1\SC(=Nc2ccc(CC)cc2)NC1=O. The molecule has 2 aromatic carbocycles. The van der Waals surface area contributed by atoms with Crippen LogP contribution in [0.2, 0.25) is 0 Å². The number of nitrogens with zero attached hydrogens (tertiary/aromatic N) is 1. The Hall–Kier alpha value is -2.53. The number of amides is 1. The lowest BCUT2D eigenvalue weighted by molar-refractivity contribution is -0.115. The molecule has 0 aromatic heterocycles. The summed E-state index contributed by atoms with van der Waals surface area (Å²) in [5, 5.41) is 3.41. The Labute approximate surface area is 152 Å². The molecule has 0 atom stereocenters. The monoisotopic (exact) mass is 352 g/mol. The van der Waals surface area contributed by atoms with Crippen LogP contribution in [0.3, 0.4) is 0 Å². The molecule has 5 heteroatoms. The van der Waals surface area contributed by atoms with Crippen molar-refractivity contribution in [2.24, 2.45) is 4.99 Å². The molecule has 25 heavy (non-hydrogen) atoms. The van der Waals surface area contributed by atoms with Crippen molar-refractivity contribution in [1.82, 2.24) is 5.32 Å². The molecule has 0 unspecified atom stereocenters. The molecule has 2 aromatic rings. The zero-order valence-corrected chi connectivity index (χ0v) is 15.1. The number of thioether (sulfide) groups is 1. The van der Waals surface area contributed by atoms with Crippen molar-refractivity contribution in [3.63, 3.8) is 0 Å². The van der Waals surface area contributed by atoms with Crippen molar-refractivity contribution >= 4 is 34.6 Å². The molecule has 0 bridgehead atoms. The molecule has 1 amide bonds. The smallest absolute Gasteiger partial charge is 0.264 e. The third-order valence-electron chi connectivity index (χ3n) is 3.73. The summed E-state index contributed by atoms with van der Waals surface area (Å²) < 4.78 is 5.61. The molecule has 4 nitrogen and oxygen atoms in total. The molecule has 0 saturated carbocycles. The highest BCUT2D eigenvalue weighted by Gasteiger charge is 2.24. The summed E-state index contributed by atoms with van der Waals surface area (Å²) in [6.07, 6.45) is 2.84. The number of amidine groups is 1. The molecule has 1 fully saturated rings. The van der Waals surface area contributed by atoms with Gasteiger partial charge in [-0.2, -0.15) is 0 Å². The van der Waals surface area contributed by atoms with Crippen LogP contribution in [0.5, 0.6) is 5.75 Å². The molecule has 0 spiro atoms. The Morgan fingerprint density at radius 2 is 1.88 bits per heavy atom. The van der Waals surface area contributed by atoms with Crippen LogP contribution in [0.15, 0.2) is 58.4 Å². The topological polar surface area (TPSA) is 50.7 Å². The van der Waals surface area contributed by atoms with Gasteiger partial charge >= 0.3 is 0 Å². The van der Waals surface area contributed by atoms with Gasteiger partial charge in [0.05, 0.1) is 17.2 Å². The van der Waals surface area contributed by atoms with E-state index in [1.165, 1.54) is 17.3 Å². The number of ether oxygens (including phenoxy) is 1. The first-order valence-electron chi connectivity index (χ1n) is 8.30. The molecule has 1 aliphatic rings. The summed E-state index contributed by atoms with van der Waals surface area (Å²) in [6.45, 7) is 4.64. The molecule has 3 rings (SSSR count). The lowest BCUT2D eigenvalue weighted by atomic mass is 10.2. The van der Waals surface area contributed by atoms with Gasteiger partial charge in [-0.1, -0.05) is 37.3 Å². The van der Waals surface area contributed by atoms with Crippen LogP contribution in [-0.4, -0.2) is 17.7 Å². The second-order valence-electron chi connectivity index (χ2n) is 5.47. The first-order chi connectivity index (χ1) is 12.2. The number of para-hydroxylation sites is 1. The van der Waals surface area contributed by atoms with Crippen LogP contribution in [-0.2, 0) is 11.2 Å². The molecule has 1 aliphatic heterocycles. The molecule has 128 valence electrons. The Kier molecular flexibility index (Phi) is 5.56. The van der Waals surface area contributed by atoms with Gasteiger partial charge in [-0.3, -0.25) is 4.79 Å². The molecule has 1 N–H and O–H groups in total. The maximum absolute atomic E-state index is 12.2. The number of hydrogen-bond acceptors (Lipinski definition) is 4. The zero-order valence-electron chi connectivity index (χ0n) is 14.3. The Bertz CT molecular complexity index is 826. The Morgan fingerprint density at radius 1 is 1.12 bits per heavy atom. The maximum atomic E-state index is 12.2. The molecular weight excluding hydrogens is 332 g/mol. The fourth-order valence-corrected chi connectivity index (χ4v) is 3.26. The average Bonchev–Trinajstić information content (AvgIpc) is 2.97. The number of aryl methyl sites for hydroxylation is 1. The standard InChI is InChI=1S/C20H20N2O2S/c1-3-14-9-11-16(12-10-14)21-20-22-19(23)18(25-20)13-15-7-5-6-8-17(15)24-4-2/h5-13H,3-4H2,1-2H3,(H,21,22,23)/b18-13-. The normalized spacial score (nSPS) is 17.1. The third-order valence-corrected chi connectivity index (χ3v) is 4.64. The lowest BCUT2D eigenvalue weighted by Gasteiger charge is -2.06. The fourth-order valence-electron chi connectivity index (χ4n) is 2.43. The molecule has 0 radical (unpaired) electrons. The summed E-state index contributed by atoms with van der Waals surface area (Å²) in [4.78, 5) is 17.3. The molecular formula is C20H20N2O2S. The van der Waals surface area contributed by atoms with Crippen molar-refractivity contribution in [1.29, 1.82) is 0 Å². The molecule has 1 heterocycles. The Morgan fingerprint density at radius 3 is 2.60 bits per heavy atom. The lowest BCUT2D eigenvalue weighted by Crippen LogP contribution is -2.19. The van der Waals surface area contributed by atoms with E-state index in [1.54, 1.807) is 0 Å². The van der Waals surface area contributed by atoms with Crippen LogP contribution >= 0.6 is 11.8 Å². The van der Waals surface area contributed by atoms with E-state index in [2.05, 4.69) is 29.4 Å². The number of benzene rings is 2. The second kappa shape index (κ2) is 8.03. The summed E-state index contributed by atoms with van der Waals surface area (Å²) in [5.74, 6) is 0.631. The van der Waals surface area contributed by atoms with Gasteiger partial charge in [0, 0.05) is 5.56 Å². The van der Waals surface area contributed by atoms with E-state index in [0.29, 0.717) is 16.7 Å². The zero-order chi connectivity index (χ0) is 17.6. The largest absolute Gasteiger partial charge is 0.493 e. The second-order valence-corrected chi connectivity index (χ2v) is 6.50. The summed E-state index contributed by atoms with van der Waals surface area (Å²) in [7, 11) is 0. The summed E-state index contributed by atoms with van der Waals surface area (Å²) in [6, 6.07) is 15.7. The van der Waals surface area contributed by atoms with Gasteiger partial charge in [0.1, 0.15) is 5.75 Å². The van der Waals surface area contributed by atoms with Crippen LogP contribution in [0, 0.1) is 0 Å². The number of nitrogens with one attached hydrogen (secondary N) is 1. The quantitative estimate of drug-likeness (QED) is 0.804. The summed E-state index contributed by atoms with van der Waals surface area (Å²) >= 11 is 1.34. The number of aliphatic imine (C=N–C) groups is 1. The Balaban J connectivity index is 1.81. The van der Waals surface area contributed by atoms with E-state index >= 15 is 0 Å². The van der Waals surface area contributed by atoms with E-state index in [-0.39, 0.29) is 5.91 Å². The predicted molar refractivity (Wildman–Crippen MR) is 104 cm³/mol. The van der Waals surface area contributed by atoms with Gasteiger partial charge in [-0.05, 0) is 54.9 Å². The first-order valence-corrected chi connectivity index (χ1v) is 9.11. The van der Waals surface area contributed by atoms with Crippen LogP contribution < -0.4 is 10.1 Å². The average molecular weight is 352 g/mol. The van der Waals surface area contributed by atoms with Gasteiger partial charge in [-0.15, -0.1) is 0 Å². The van der Waals surface area contributed by atoms with Crippen molar-refractivity contribution in [3.05, 3.63) is 64.6 Å². The van der Waals surface area contributed by atoms with Crippen LogP contribution in [0.1, 0.15) is 25.0 Å². The highest BCUT2D eigenvalue weighted by molar-refractivity contribution is 8.18. The van der Waals surface area contributed by atoms with Crippen molar-refractivity contribution in [2.75, 3.05) is 6.61 Å². The fraction of sp³-hybridized carbons (Fsp3) is 0.200.